The van der Waals surface area contributed by atoms with Crippen molar-refractivity contribution in [3.8, 4) is 11.3 Å². The average molecular weight is 295 g/mol. The molecule has 0 aliphatic carbocycles. The van der Waals surface area contributed by atoms with Gasteiger partial charge in [-0.1, -0.05) is 23.8 Å². The van der Waals surface area contributed by atoms with Crippen LogP contribution in [0.3, 0.4) is 0 Å². The molecule has 0 unspecified atom stereocenters. The largest absolute Gasteiger partial charge is 0.507 e. The molecule has 0 aliphatic heterocycles. The minimum atomic E-state index is -0.466. The molecule has 22 heavy (non-hydrogen) atoms. The number of aryl methyl sites for hydroxylation is 1. The summed E-state index contributed by atoms with van der Waals surface area (Å²) in [5.41, 5.74) is 2.34. The van der Waals surface area contributed by atoms with Crippen molar-refractivity contribution >= 4 is 11.5 Å². The van der Waals surface area contributed by atoms with Crippen LogP contribution < -0.4 is 0 Å². The molecule has 6 nitrogen and oxygen atoms in total. The number of rotatable bonds is 4. The second-order valence-corrected chi connectivity index (χ2v) is 4.76. The molecule has 0 bridgehead atoms. The van der Waals surface area contributed by atoms with Gasteiger partial charge in [-0.25, -0.2) is 4.98 Å². The summed E-state index contributed by atoms with van der Waals surface area (Å²) < 4.78 is 5.45. The minimum Gasteiger partial charge on any atom is -0.507 e. The first-order chi connectivity index (χ1) is 10.6. The predicted octanol–water partition coefficient (Wildman–Crippen LogP) is 3.15. The van der Waals surface area contributed by atoms with Crippen molar-refractivity contribution in [2.75, 3.05) is 0 Å². The fourth-order valence-corrected chi connectivity index (χ4v) is 2.12. The highest BCUT2D eigenvalue weighted by atomic mass is 16.3. The van der Waals surface area contributed by atoms with E-state index in [1.54, 1.807) is 6.07 Å². The first kappa shape index (κ1) is 13.8. The van der Waals surface area contributed by atoms with E-state index in [0.717, 1.165) is 17.2 Å². The van der Waals surface area contributed by atoms with E-state index in [1.807, 2.05) is 31.2 Å². The van der Waals surface area contributed by atoms with Crippen LogP contribution in [0.4, 0.5) is 0 Å². The summed E-state index contributed by atoms with van der Waals surface area (Å²) in [5.74, 6) is -0.0898. The lowest BCUT2D eigenvalue weighted by Gasteiger charge is -2.03. The van der Waals surface area contributed by atoms with Gasteiger partial charge >= 0.3 is 0 Å². The van der Waals surface area contributed by atoms with E-state index in [4.69, 9.17) is 4.42 Å². The third-order valence-corrected chi connectivity index (χ3v) is 3.14. The van der Waals surface area contributed by atoms with Crippen LogP contribution in [0.15, 0.2) is 53.4 Å². The van der Waals surface area contributed by atoms with Crippen LogP contribution in [-0.2, 0) is 0 Å². The second kappa shape index (κ2) is 5.69. The summed E-state index contributed by atoms with van der Waals surface area (Å²) in [4.78, 5) is 15.7. The molecule has 0 saturated carbocycles. The molecule has 2 aromatic heterocycles. The molecule has 3 aromatic rings. The van der Waals surface area contributed by atoms with Crippen LogP contribution in [0.25, 0.3) is 17.1 Å². The number of hydrogen-bond donors (Lipinski definition) is 2. The highest BCUT2D eigenvalue weighted by molar-refractivity contribution is 6.05. The van der Waals surface area contributed by atoms with Gasteiger partial charge in [-0.05, 0) is 19.1 Å². The summed E-state index contributed by atoms with van der Waals surface area (Å²) in [6.45, 7) is 1.97. The zero-order valence-corrected chi connectivity index (χ0v) is 11.8. The van der Waals surface area contributed by atoms with Gasteiger partial charge in [-0.15, -0.1) is 0 Å². The van der Waals surface area contributed by atoms with E-state index in [9.17, 15) is 9.90 Å². The molecule has 0 fully saturated rings. The first-order valence-electron chi connectivity index (χ1n) is 6.60. The van der Waals surface area contributed by atoms with E-state index >= 15 is 0 Å². The highest BCUT2D eigenvalue weighted by Gasteiger charge is 2.15. The number of aliphatic hydroxyl groups excluding tert-OH is 1. The lowest BCUT2D eigenvalue weighted by atomic mass is 10.0. The van der Waals surface area contributed by atoms with Crippen molar-refractivity contribution in [3.05, 3.63) is 65.9 Å². The van der Waals surface area contributed by atoms with Crippen molar-refractivity contribution in [1.82, 2.24) is 15.2 Å². The fraction of sp³-hybridized carbons (Fsp3) is 0.0625. The lowest BCUT2D eigenvalue weighted by Crippen LogP contribution is -1.99. The molecule has 0 spiro atoms. The molecule has 0 saturated heterocycles. The number of H-pyrrole nitrogens is 1. The number of carbonyl (C=O) groups is 1. The monoisotopic (exact) mass is 295 g/mol. The normalized spacial score (nSPS) is 11.6. The van der Waals surface area contributed by atoms with Crippen LogP contribution in [0, 0.1) is 6.92 Å². The van der Waals surface area contributed by atoms with Crippen LogP contribution in [0.5, 0.6) is 0 Å². The van der Waals surface area contributed by atoms with Gasteiger partial charge in [0.25, 0.3) is 0 Å². The van der Waals surface area contributed by atoms with Gasteiger partial charge in [0.05, 0.1) is 11.8 Å². The fourth-order valence-electron chi connectivity index (χ4n) is 2.12. The number of aromatic amines is 1. The summed E-state index contributed by atoms with van der Waals surface area (Å²) in [5, 5.41) is 16.3. The zero-order chi connectivity index (χ0) is 15.5. The maximum absolute atomic E-state index is 11.9. The Balaban J connectivity index is 1.96. The van der Waals surface area contributed by atoms with E-state index in [0.29, 0.717) is 11.3 Å². The number of benzene rings is 1. The van der Waals surface area contributed by atoms with Crippen LogP contribution in [-0.4, -0.2) is 26.1 Å². The number of hydrogen-bond acceptors (Lipinski definition) is 5. The van der Waals surface area contributed by atoms with Gasteiger partial charge in [-0.3, -0.25) is 9.89 Å². The number of nitrogens with zero attached hydrogens (tertiary/aromatic N) is 2. The second-order valence-electron chi connectivity index (χ2n) is 4.76. The van der Waals surface area contributed by atoms with Gasteiger partial charge in [0.2, 0.25) is 5.78 Å². The standard InChI is InChI=1S/C16H13N3O3/c1-10-3-2-4-11(7-10)15-12(5-6-22-15)13(20)8-14(21)16-17-9-18-19-16/h2-9,20H,1H3,(H,17,18,19). The number of ketones is 1. The molecule has 1 aromatic carbocycles. The van der Waals surface area contributed by atoms with Crippen molar-refractivity contribution < 1.29 is 14.3 Å². The number of aromatic nitrogens is 3. The van der Waals surface area contributed by atoms with Crippen molar-refractivity contribution in [3.63, 3.8) is 0 Å². The van der Waals surface area contributed by atoms with Crippen molar-refractivity contribution in [2.45, 2.75) is 6.92 Å². The van der Waals surface area contributed by atoms with E-state index in [1.165, 1.54) is 12.6 Å². The van der Waals surface area contributed by atoms with E-state index in [-0.39, 0.29) is 11.6 Å². The Morgan fingerprint density at radius 3 is 2.95 bits per heavy atom. The number of aliphatic hydroxyl groups is 1. The topological polar surface area (TPSA) is 92.0 Å². The van der Waals surface area contributed by atoms with Gasteiger partial charge in [0, 0.05) is 11.6 Å². The number of furan rings is 1. The first-order valence-corrected chi connectivity index (χ1v) is 6.60. The third kappa shape index (κ3) is 2.67. The molecule has 0 radical (unpaired) electrons. The lowest BCUT2D eigenvalue weighted by molar-refractivity contribution is 0.103. The molecular formula is C16H13N3O3. The molecular weight excluding hydrogens is 282 g/mol. The van der Waals surface area contributed by atoms with Crippen LogP contribution in [0.2, 0.25) is 0 Å². The summed E-state index contributed by atoms with van der Waals surface area (Å²) in [7, 11) is 0. The Bertz CT molecular complexity index is 832. The Hall–Kier alpha value is -3.15. The molecule has 0 amide bonds. The molecule has 0 atom stereocenters. The van der Waals surface area contributed by atoms with Crippen LogP contribution in [0.1, 0.15) is 21.7 Å². The number of allylic oxidation sites excluding steroid dienone is 1. The highest BCUT2D eigenvalue weighted by Crippen LogP contribution is 2.29. The average Bonchev–Trinajstić information content (AvgIpc) is 3.18. The van der Waals surface area contributed by atoms with Crippen molar-refractivity contribution in [1.29, 1.82) is 0 Å². The molecule has 0 aliphatic rings. The molecule has 2 N–H and O–H groups in total. The maximum Gasteiger partial charge on any atom is 0.226 e. The Kier molecular flexibility index (Phi) is 3.57. The molecule has 110 valence electrons. The number of carbonyl (C=O) groups excluding carboxylic acids is 1. The maximum atomic E-state index is 11.9. The minimum absolute atomic E-state index is 0.0622. The predicted molar refractivity (Wildman–Crippen MR) is 80.2 cm³/mol. The quantitative estimate of drug-likeness (QED) is 0.438. The molecule has 3 rings (SSSR count). The van der Waals surface area contributed by atoms with Crippen LogP contribution >= 0.6 is 0 Å². The van der Waals surface area contributed by atoms with E-state index in [2.05, 4.69) is 15.2 Å². The Morgan fingerprint density at radius 1 is 1.36 bits per heavy atom. The Labute approximate surface area is 126 Å². The summed E-state index contributed by atoms with van der Waals surface area (Å²) in [6.07, 6.45) is 3.79. The zero-order valence-electron chi connectivity index (χ0n) is 11.8. The van der Waals surface area contributed by atoms with Gasteiger partial charge in [0.15, 0.2) is 5.82 Å². The van der Waals surface area contributed by atoms with Crippen molar-refractivity contribution in [2.24, 2.45) is 0 Å². The summed E-state index contributed by atoms with van der Waals surface area (Å²) >= 11 is 0. The number of nitrogens with one attached hydrogen (secondary N) is 1. The van der Waals surface area contributed by atoms with Gasteiger partial charge < -0.3 is 9.52 Å². The summed E-state index contributed by atoms with van der Waals surface area (Å²) in [6, 6.07) is 9.29. The third-order valence-electron chi connectivity index (χ3n) is 3.14. The molecule has 6 heteroatoms. The van der Waals surface area contributed by atoms with Gasteiger partial charge in [-0.2, -0.15) is 5.10 Å². The Morgan fingerprint density at radius 2 is 2.23 bits per heavy atom. The van der Waals surface area contributed by atoms with E-state index < -0.39 is 5.78 Å². The van der Waals surface area contributed by atoms with Gasteiger partial charge in [0.1, 0.15) is 17.8 Å². The SMILES string of the molecule is Cc1cccc(-c2occc2C(O)=CC(=O)c2ncn[nH]2)c1. The molecule has 2 heterocycles. The smallest absolute Gasteiger partial charge is 0.226 e.